The summed E-state index contributed by atoms with van der Waals surface area (Å²) in [5.41, 5.74) is 6.90. The SMILES string of the molecule is Cc1cc(C)n2ncc(CNc3ccc(NC(=O)CN4CCCC4)c(C)c3)c2n1. The van der Waals surface area contributed by atoms with Crippen LogP contribution in [-0.4, -0.2) is 45.0 Å². The number of carbonyl (C=O) groups excluding carboxylic acids is 1. The molecule has 0 bridgehead atoms. The van der Waals surface area contributed by atoms with Gasteiger partial charge in [0.1, 0.15) is 0 Å². The Kier molecular flexibility index (Phi) is 5.49. The first-order valence-electron chi connectivity index (χ1n) is 10.2. The fourth-order valence-electron chi connectivity index (χ4n) is 3.89. The van der Waals surface area contributed by atoms with Crippen molar-refractivity contribution < 1.29 is 4.79 Å². The molecule has 7 heteroatoms. The van der Waals surface area contributed by atoms with Crippen molar-refractivity contribution in [3.05, 3.63) is 53.0 Å². The van der Waals surface area contributed by atoms with Gasteiger partial charge in [0.2, 0.25) is 5.91 Å². The van der Waals surface area contributed by atoms with Gasteiger partial charge in [-0.2, -0.15) is 5.10 Å². The summed E-state index contributed by atoms with van der Waals surface area (Å²) >= 11 is 0. The highest BCUT2D eigenvalue weighted by Gasteiger charge is 2.15. The maximum absolute atomic E-state index is 12.3. The highest BCUT2D eigenvalue weighted by Crippen LogP contribution is 2.21. The second-order valence-corrected chi connectivity index (χ2v) is 7.86. The summed E-state index contributed by atoms with van der Waals surface area (Å²) in [5.74, 6) is 0.0545. The summed E-state index contributed by atoms with van der Waals surface area (Å²) in [6.45, 7) is 9.20. The number of benzene rings is 1. The molecule has 2 aromatic heterocycles. The Bertz CT molecular complexity index is 1040. The molecule has 0 radical (unpaired) electrons. The average Bonchev–Trinajstić information content (AvgIpc) is 3.32. The zero-order valence-corrected chi connectivity index (χ0v) is 17.3. The summed E-state index contributed by atoms with van der Waals surface area (Å²) in [6, 6.07) is 8.04. The third-order valence-corrected chi connectivity index (χ3v) is 5.40. The number of hydrogen-bond acceptors (Lipinski definition) is 5. The summed E-state index contributed by atoms with van der Waals surface area (Å²) < 4.78 is 1.87. The number of aryl methyl sites for hydroxylation is 3. The third kappa shape index (κ3) is 4.40. The number of hydrogen-bond donors (Lipinski definition) is 2. The topological polar surface area (TPSA) is 74.6 Å². The van der Waals surface area contributed by atoms with E-state index in [0.717, 1.165) is 52.6 Å². The Morgan fingerprint density at radius 2 is 1.93 bits per heavy atom. The Balaban J connectivity index is 1.40. The minimum absolute atomic E-state index is 0.0545. The van der Waals surface area contributed by atoms with Gasteiger partial charge >= 0.3 is 0 Å². The van der Waals surface area contributed by atoms with E-state index in [1.54, 1.807) is 0 Å². The van der Waals surface area contributed by atoms with E-state index in [9.17, 15) is 4.79 Å². The van der Waals surface area contributed by atoms with Crippen molar-refractivity contribution in [2.45, 2.75) is 40.2 Å². The van der Waals surface area contributed by atoms with Gasteiger partial charge in [-0.15, -0.1) is 0 Å². The van der Waals surface area contributed by atoms with Crippen LogP contribution in [0.5, 0.6) is 0 Å². The first kappa shape index (κ1) is 19.4. The molecule has 1 aliphatic heterocycles. The molecule has 0 atom stereocenters. The molecule has 29 heavy (non-hydrogen) atoms. The highest BCUT2D eigenvalue weighted by atomic mass is 16.2. The zero-order chi connectivity index (χ0) is 20.4. The van der Waals surface area contributed by atoms with Crippen LogP contribution >= 0.6 is 0 Å². The molecule has 1 amide bonds. The molecule has 1 aromatic carbocycles. The van der Waals surface area contributed by atoms with Gasteiger partial charge in [0, 0.05) is 34.9 Å². The van der Waals surface area contributed by atoms with Crippen LogP contribution in [0.4, 0.5) is 11.4 Å². The average molecular weight is 393 g/mol. The smallest absolute Gasteiger partial charge is 0.238 e. The maximum Gasteiger partial charge on any atom is 0.238 e. The van der Waals surface area contributed by atoms with Crippen LogP contribution in [0.25, 0.3) is 5.65 Å². The van der Waals surface area contributed by atoms with E-state index in [1.165, 1.54) is 12.8 Å². The number of fused-ring (bicyclic) bond motifs is 1. The van der Waals surface area contributed by atoms with Gasteiger partial charge in [-0.25, -0.2) is 9.50 Å². The quantitative estimate of drug-likeness (QED) is 0.673. The Morgan fingerprint density at radius 1 is 1.14 bits per heavy atom. The molecule has 0 spiro atoms. The Hall–Kier alpha value is -2.93. The number of anilines is 2. The van der Waals surface area contributed by atoms with E-state index in [0.29, 0.717) is 13.1 Å². The Morgan fingerprint density at radius 3 is 2.69 bits per heavy atom. The normalized spacial score (nSPS) is 14.4. The van der Waals surface area contributed by atoms with E-state index in [2.05, 4.69) is 31.7 Å². The second-order valence-electron chi connectivity index (χ2n) is 7.86. The predicted octanol–water partition coefficient (Wildman–Crippen LogP) is 3.30. The lowest BCUT2D eigenvalue weighted by molar-refractivity contribution is -0.117. The number of nitrogens with zero attached hydrogens (tertiary/aromatic N) is 4. The predicted molar refractivity (Wildman–Crippen MR) is 115 cm³/mol. The number of aromatic nitrogens is 3. The van der Waals surface area contributed by atoms with Crippen LogP contribution in [0.3, 0.4) is 0 Å². The second kappa shape index (κ2) is 8.21. The molecule has 1 aliphatic rings. The molecule has 3 heterocycles. The third-order valence-electron chi connectivity index (χ3n) is 5.40. The fourth-order valence-corrected chi connectivity index (χ4v) is 3.89. The molecule has 0 aliphatic carbocycles. The maximum atomic E-state index is 12.3. The molecule has 152 valence electrons. The lowest BCUT2D eigenvalue weighted by Crippen LogP contribution is -2.31. The minimum Gasteiger partial charge on any atom is -0.381 e. The molecule has 0 saturated carbocycles. The van der Waals surface area contributed by atoms with Gasteiger partial charge in [-0.3, -0.25) is 9.69 Å². The molecule has 0 unspecified atom stereocenters. The molecule has 3 aromatic rings. The number of likely N-dealkylation sites (tertiary alicyclic amines) is 1. The van der Waals surface area contributed by atoms with Crippen LogP contribution in [0.2, 0.25) is 0 Å². The van der Waals surface area contributed by atoms with Gasteiger partial charge in [0.15, 0.2) is 5.65 Å². The monoisotopic (exact) mass is 392 g/mol. The number of carbonyl (C=O) groups is 1. The zero-order valence-electron chi connectivity index (χ0n) is 17.3. The number of amides is 1. The molecular weight excluding hydrogens is 364 g/mol. The standard InChI is InChI=1S/C22H28N6O/c1-15-10-19(6-7-20(15)26-21(29)14-27-8-4-5-9-27)23-12-18-13-24-28-17(3)11-16(2)25-22(18)28/h6-7,10-11,13,23H,4-5,8-9,12,14H2,1-3H3,(H,26,29). The van der Waals surface area contributed by atoms with Crippen molar-refractivity contribution in [3.8, 4) is 0 Å². The summed E-state index contributed by atoms with van der Waals surface area (Å²) in [7, 11) is 0. The summed E-state index contributed by atoms with van der Waals surface area (Å²) in [4.78, 5) is 19.1. The van der Waals surface area contributed by atoms with Gasteiger partial charge in [0.25, 0.3) is 0 Å². The first-order valence-corrected chi connectivity index (χ1v) is 10.2. The van der Waals surface area contributed by atoms with Crippen molar-refractivity contribution in [1.82, 2.24) is 19.5 Å². The molecule has 1 fully saturated rings. The van der Waals surface area contributed by atoms with Gasteiger partial charge in [-0.1, -0.05) is 0 Å². The molecule has 7 nitrogen and oxygen atoms in total. The van der Waals surface area contributed by atoms with E-state index in [-0.39, 0.29) is 5.91 Å². The van der Waals surface area contributed by atoms with Crippen molar-refractivity contribution in [3.63, 3.8) is 0 Å². The van der Waals surface area contributed by atoms with Gasteiger partial charge < -0.3 is 10.6 Å². The minimum atomic E-state index is 0.0545. The van der Waals surface area contributed by atoms with E-state index >= 15 is 0 Å². The molecular formula is C22H28N6O. The van der Waals surface area contributed by atoms with Crippen LogP contribution in [0.1, 0.15) is 35.4 Å². The van der Waals surface area contributed by atoms with E-state index in [1.807, 2.05) is 49.7 Å². The summed E-state index contributed by atoms with van der Waals surface area (Å²) in [6.07, 6.45) is 4.24. The lowest BCUT2D eigenvalue weighted by Gasteiger charge is -2.16. The van der Waals surface area contributed by atoms with Gasteiger partial charge in [0.05, 0.1) is 12.7 Å². The lowest BCUT2D eigenvalue weighted by atomic mass is 10.1. The van der Waals surface area contributed by atoms with Gasteiger partial charge in [-0.05, 0) is 76.5 Å². The fraction of sp³-hybridized carbons (Fsp3) is 0.409. The van der Waals surface area contributed by atoms with Crippen LogP contribution in [-0.2, 0) is 11.3 Å². The number of rotatable bonds is 6. The number of nitrogens with one attached hydrogen (secondary N) is 2. The van der Waals surface area contributed by atoms with Crippen molar-refractivity contribution in [1.29, 1.82) is 0 Å². The van der Waals surface area contributed by atoms with Crippen molar-refractivity contribution >= 4 is 22.9 Å². The molecule has 2 N–H and O–H groups in total. The van der Waals surface area contributed by atoms with Crippen LogP contribution in [0.15, 0.2) is 30.5 Å². The van der Waals surface area contributed by atoms with Crippen molar-refractivity contribution in [2.75, 3.05) is 30.3 Å². The molecule has 4 rings (SSSR count). The van der Waals surface area contributed by atoms with E-state index in [4.69, 9.17) is 0 Å². The largest absolute Gasteiger partial charge is 0.381 e. The van der Waals surface area contributed by atoms with Crippen LogP contribution < -0.4 is 10.6 Å². The van der Waals surface area contributed by atoms with Crippen molar-refractivity contribution in [2.24, 2.45) is 0 Å². The molecule has 1 saturated heterocycles. The van der Waals surface area contributed by atoms with Crippen LogP contribution in [0, 0.1) is 20.8 Å². The Labute approximate surface area is 171 Å². The van der Waals surface area contributed by atoms with E-state index < -0.39 is 0 Å². The highest BCUT2D eigenvalue weighted by molar-refractivity contribution is 5.93. The first-order chi connectivity index (χ1) is 14.0. The summed E-state index contributed by atoms with van der Waals surface area (Å²) in [5, 5.41) is 10.9.